The summed E-state index contributed by atoms with van der Waals surface area (Å²) in [5.74, 6) is 1.39. The first-order valence-corrected chi connectivity index (χ1v) is 8.76. The molecule has 1 aromatic heterocycles. The minimum atomic E-state index is 0.0272. The number of rotatable bonds is 5. The van der Waals surface area contributed by atoms with E-state index in [1.54, 1.807) is 0 Å². The number of nitrogens with zero attached hydrogens (tertiary/aromatic N) is 2. The molecule has 1 aliphatic heterocycles. The third-order valence-corrected chi connectivity index (χ3v) is 4.72. The number of hydrogen-bond donors (Lipinski definition) is 2. The zero-order valence-corrected chi connectivity index (χ0v) is 14.5. The number of nitrogens with one attached hydrogen (secondary N) is 2. The van der Waals surface area contributed by atoms with Gasteiger partial charge < -0.3 is 15.2 Å². The summed E-state index contributed by atoms with van der Waals surface area (Å²) in [6.07, 6.45) is 2.88. The third-order valence-electron chi connectivity index (χ3n) is 4.72. The summed E-state index contributed by atoms with van der Waals surface area (Å²) in [5.41, 5.74) is 3.51. The Morgan fingerprint density at radius 2 is 2.17 bits per heavy atom. The second-order valence-corrected chi connectivity index (χ2v) is 6.57. The molecule has 5 nitrogen and oxygen atoms in total. The standard InChI is InChI=1S/C19H26N4O/c1-3-15(11-16-7-5-4-6-8-16)12-20-19(24)23-10-9-17-18(13-23)22-14(2)21-17/h4-8,15H,3,9-13H2,1-2H3,(H,20,24)(H,21,22)/t15-/m0/s1. The fourth-order valence-electron chi connectivity index (χ4n) is 3.26. The zero-order chi connectivity index (χ0) is 16.9. The third kappa shape index (κ3) is 3.96. The molecule has 1 atom stereocenters. The van der Waals surface area contributed by atoms with Crippen molar-refractivity contribution in [3.8, 4) is 0 Å². The Morgan fingerprint density at radius 3 is 2.92 bits per heavy atom. The summed E-state index contributed by atoms with van der Waals surface area (Å²) in [5, 5.41) is 3.11. The lowest BCUT2D eigenvalue weighted by molar-refractivity contribution is 0.189. The van der Waals surface area contributed by atoms with E-state index in [4.69, 9.17) is 0 Å². The van der Waals surface area contributed by atoms with Gasteiger partial charge in [0.15, 0.2) is 0 Å². The predicted molar refractivity (Wildman–Crippen MR) is 94.8 cm³/mol. The van der Waals surface area contributed by atoms with Crippen LogP contribution in [0.25, 0.3) is 0 Å². The molecule has 0 aliphatic carbocycles. The molecule has 2 amide bonds. The number of fused-ring (bicyclic) bond motifs is 1. The van der Waals surface area contributed by atoms with E-state index in [-0.39, 0.29) is 6.03 Å². The van der Waals surface area contributed by atoms with Gasteiger partial charge in [-0.3, -0.25) is 0 Å². The summed E-state index contributed by atoms with van der Waals surface area (Å²) < 4.78 is 0. The van der Waals surface area contributed by atoms with Gasteiger partial charge in [0.2, 0.25) is 0 Å². The Labute approximate surface area is 143 Å². The van der Waals surface area contributed by atoms with Crippen LogP contribution < -0.4 is 5.32 Å². The van der Waals surface area contributed by atoms with Gasteiger partial charge in [-0.1, -0.05) is 43.7 Å². The van der Waals surface area contributed by atoms with E-state index in [1.807, 2.05) is 17.9 Å². The summed E-state index contributed by atoms with van der Waals surface area (Å²) in [4.78, 5) is 22.1. The fourth-order valence-corrected chi connectivity index (χ4v) is 3.26. The number of aromatic nitrogens is 2. The number of H-pyrrole nitrogens is 1. The van der Waals surface area contributed by atoms with Crippen LogP contribution in [0.2, 0.25) is 0 Å². The van der Waals surface area contributed by atoms with E-state index in [0.717, 1.165) is 49.6 Å². The average Bonchev–Trinajstić information content (AvgIpc) is 2.98. The largest absolute Gasteiger partial charge is 0.344 e. The van der Waals surface area contributed by atoms with Crippen LogP contribution in [0, 0.1) is 12.8 Å². The van der Waals surface area contributed by atoms with Crippen molar-refractivity contribution in [1.82, 2.24) is 20.2 Å². The van der Waals surface area contributed by atoms with Crippen molar-refractivity contribution in [3.05, 3.63) is 53.1 Å². The zero-order valence-electron chi connectivity index (χ0n) is 14.5. The highest BCUT2D eigenvalue weighted by atomic mass is 16.2. The lowest BCUT2D eigenvalue weighted by atomic mass is 9.97. The summed E-state index contributed by atoms with van der Waals surface area (Å²) in [7, 11) is 0. The quantitative estimate of drug-likeness (QED) is 0.887. The number of aromatic amines is 1. The number of benzene rings is 1. The topological polar surface area (TPSA) is 61.0 Å². The lowest BCUT2D eigenvalue weighted by Gasteiger charge is -2.27. The van der Waals surface area contributed by atoms with Crippen LogP contribution in [0.3, 0.4) is 0 Å². The Balaban J connectivity index is 1.51. The molecule has 1 aromatic carbocycles. The van der Waals surface area contributed by atoms with Crippen molar-refractivity contribution in [2.45, 2.75) is 39.7 Å². The normalized spacial score (nSPS) is 15.0. The second kappa shape index (κ2) is 7.51. The van der Waals surface area contributed by atoms with Gasteiger partial charge in [0.1, 0.15) is 5.82 Å². The Hall–Kier alpha value is -2.30. The number of carbonyl (C=O) groups excluding carboxylic acids is 1. The van der Waals surface area contributed by atoms with E-state index >= 15 is 0 Å². The van der Waals surface area contributed by atoms with Crippen LogP contribution in [-0.2, 0) is 19.4 Å². The van der Waals surface area contributed by atoms with E-state index < -0.39 is 0 Å². The average molecular weight is 326 g/mol. The van der Waals surface area contributed by atoms with Gasteiger partial charge in [-0.05, 0) is 24.8 Å². The van der Waals surface area contributed by atoms with Crippen LogP contribution in [0.5, 0.6) is 0 Å². The first kappa shape index (κ1) is 16.6. The molecule has 0 fully saturated rings. The fraction of sp³-hybridized carbons (Fsp3) is 0.474. The number of imidazole rings is 1. The molecule has 0 saturated carbocycles. The lowest BCUT2D eigenvalue weighted by Crippen LogP contribution is -2.44. The number of hydrogen-bond acceptors (Lipinski definition) is 2. The van der Waals surface area contributed by atoms with Gasteiger partial charge in [-0.25, -0.2) is 9.78 Å². The minimum Gasteiger partial charge on any atom is -0.344 e. The van der Waals surface area contributed by atoms with Crippen molar-refractivity contribution in [3.63, 3.8) is 0 Å². The molecule has 2 N–H and O–H groups in total. The molecule has 128 valence electrons. The van der Waals surface area contributed by atoms with E-state index in [0.29, 0.717) is 12.5 Å². The van der Waals surface area contributed by atoms with Crippen LogP contribution >= 0.6 is 0 Å². The van der Waals surface area contributed by atoms with Crippen LogP contribution in [-0.4, -0.2) is 34.0 Å². The maximum absolute atomic E-state index is 12.5. The van der Waals surface area contributed by atoms with Crippen LogP contribution in [0.4, 0.5) is 4.79 Å². The molecule has 0 unspecified atom stereocenters. The molecule has 0 radical (unpaired) electrons. The van der Waals surface area contributed by atoms with Gasteiger partial charge in [-0.2, -0.15) is 0 Å². The number of carbonyl (C=O) groups is 1. The van der Waals surface area contributed by atoms with Gasteiger partial charge in [0, 0.05) is 19.5 Å². The van der Waals surface area contributed by atoms with Crippen molar-refractivity contribution in [2.75, 3.05) is 13.1 Å². The molecule has 0 saturated heterocycles. The molecule has 1 aliphatic rings. The first-order chi connectivity index (χ1) is 11.7. The maximum atomic E-state index is 12.5. The molecule has 24 heavy (non-hydrogen) atoms. The van der Waals surface area contributed by atoms with Crippen molar-refractivity contribution in [2.24, 2.45) is 5.92 Å². The number of aryl methyl sites for hydroxylation is 1. The SMILES string of the molecule is CC[C@H](CNC(=O)N1CCc2nc(C)[nH]c2C1)Cc1ccccc1. The Morgan fingerprint density at radius 1 is 1.38 bits per heavy atom. The minimum absolute atomic E-state index is 0.0272. The smallest absolute Gasteiger partial charge is 0.317 e. The van der Waals surface area contributed by atoms with Gasteiger partial charge >= 0.3 is 6.03 Å². The molecule has 0 bridgehead atoms. The molecular formula is C19H26N4O. The van der Waals surface area contributed by atoms with Crippen LogP contribution in [0.1, 0.15) is 36.1 Å². The van der Waals surface area contributed by atoms with Crippen molar-refractivity contribution >= 4 is 6.03 Å². The maximum Gasteiger partial charge on any atom is 0.317 e. The molecule has 2 aromatic rings. The predicted octanol–water partition coefficient (Wildman–Crippen LogP) is 3.05. The molecule has 0 spiro atoms. The highest BCUT2D eigenvalue weighted by molar-refractivity contribution is 5.74. The van der Waals surface area contributed by atoms with Crippen molar-refractivity contribution in [1.29, 1.82) is 0 Å². The highest BCUT2D eigenvalue weighted by Gasteiger charge is 2.23. The van der Waals surface area contributed by atoms with E-state index in [2.05, 4.69) is 46.5 Å². The highest BCUT2D eigenvalue weighted by Crippen LogP contribution is 2.17. The van der Waals surface area contributed by atoms with Gasteiger partial charge in [-0.15, -0.1) is 0 Å². The Kier molecular flexibility index (Phi) is 5.18. The first-order valence-electron chi connectivity index (χ1n) is 8.76. The monoisotopic (exact) mass is 326 g/mol. The molecule has 5 heteroatoms. The molecule has 3 rings (SSSR count). The van der Waals surface area contributed by atoms with Crippen molar-refractivity contribution < 1.29 is 4.79 Å². The molecule has 2 heterocycles. The summed E-state index contributed by atoms with van der Waals surface area (Å²) >= 11 is 0. The summed E-state index contributed by atoms with van der Waals surface area (Å²) in [6.45, 7) is 6.21. The van der Waals surface area contributed by atoms with Crippen LogP contribution in [0.15, 0.2) is 30.3 Å². The van der Waals surface area contributed by atoms with E-state index in [9.17, 15) is 4.79 Å². The van der Waals surface area contributed by atoms with E-state index in [1.165, 1.54) is 5.56 Å². The van der Waals surface area contributed by atoms with Gasteiger partial charge in [0.25, 0.3) is 0 Å². The number of amides is 2. The summed E-state index contributed by atoms with van der Waals surface area (Å²) in [6, 6.07) is 10.5. The van der Waals surface area contributed by atoms with Gasteiger partial charge in [0.05, 0.1) is 17.9 Å². The number of urea groups is 1. The Bertz CT molecular complexity index is 680. The second-order valence-electron chi connectivity index (χ2n) is 6.57. The molecular weight excluding hydrogens is 300 g/mol.